The number of fused-ring (bicyclic) bond motifs is 11. The number of aromatic amines is 2. The number of aryl methyl sites for hydroxylation is 4. The highest BCUT2D eigenvalue weighted by atomic mass is 16.4. The Kier molecular flexibility index (Phi) is 8.42. The molecule has 5 heterocycles. The van der Waals surface area contributed by atoms with Crippen LogP contribution < -0.4 is 0 Å². The molecule has 0 saturated carbocycles. The van der Waals surface area contributed by atoms with Gasteiger partial charge >= 0.3 is 23.9 Å². The number of carboxylic acid groups (broad SMARTS) is 4. The quantitative estimate of drug-likeness (QED) is 0.152. The Hall–Kier alpha value is -6.04. The fourth-order valence-corrected chi connectivity index (χ4v) is 7.38. The minimum Gasteiger partial charge on any atom is -0.481 e. The molecule has 3 aromatic heterocycles. The van der Waals surface area contributed by atoms with Crippen molar-refractivity contribution in [1.29, 1.82) is 0 Å². The first-order valence-electron chi connectivity index (χ1n) is 16.1. The van der Waals surface area contributed by atoms with E-state index in [1.54, 1.807) is 31.2 Å². The van der Waals surface area contributed by atoms with E-state index in [2.05, 4.69) is 16.5 Å². The molecule has 2 atom stereocenters. The van der Waals surface area contributed by atoms with Crippen molar-refractivity contribution in [3.05, 3.63) is 99.7 Å². The smallest absolute Gasteiger partial charge is 0.332 e. The van der Waals surface area contributed by atoms with E-state index in [9.17, 15) is 39.6 Å². The Morgan fingerprint density at radius 3 is 1.84 bits per heavy atom. The van der Waals surface area contributed by atoms with Crippen LogP contribution in [0.5, 0.6) is 0 Å². The van der Waals surface area contributed by atoms with Gasteiger partial charge < -0.3 is 30.4 Å². The van der Waals surface area contributed by atoms with E-state index in [-0.39, 0.29) is 31.3 Å². The van der Waals surface area contributed by atoms with Crippen molar-refractivity contribution in [1.82, 2.24) is 19.9 Å². The van der Waals surface area contributed by atoms with Crippen LogP contribution in [-0.2, 0) is 37.4 Å². The molecular formula is C38H36N4O8. The summed E-state index contributed by atoms with van der Waals surface area (Å²) in [6.07, 6.45) is 4.80. The van der Waals surface area contributed by atoms with Crippen LogP contribution in [-0.4, -0.2) is 64.2 Å². The highest BCUT2D eigenvalue weighted by Gasteiger charge is 2.53. The number of hydrogen-bond acceptors (Lipinski definition) is 6. The van der Waals surface area contributed by atoms with Crippen LogP contribution in [0.3, 0.4) is 0 Å². The summed E-state index contributed by atoms with van der Waals surface area (Å²) < 4.78 is 0. The molecule has 0 amide bonds. The van der Waals surface area contributed by atoms with E-state index in [1.807, 2.05) is 32.9 Å². The third-order valence-corrected chi connectivity index (χ3v) is 10.1. The Balaban J connectivity index is 1.79. The molecule has 256 valence electrons. The van der Waals surface area contributed by atoms with Crippen LogP contribution in [0, 0.1) is 19.8 Å². The largest absolute Gasteiger partial charge is 0.481 e. The summed E-state index contributed by atoms with van der Waals surface area (Å²) in [5.74, 6) is -6.03. The molecule has 3 aliphatic rings. The second-order valence-corrected chi connectivity index (χ2v) is 13.0. The minimum absolute atomic E-state index is 0.0972. The summed E-state index contributed by atoms with van der Waals surface area (Å²) in [6, 6.07) is 7.17. The van der Waals surface area contributed by atoms with Crippen LogP contribution in [0.2, 0.25) is 0 Å². The highest BCUT2D eigenvalue weighted by molar-refractivity contribution is 6.01. The molecule has 2 aliphatic heterocycles. The van der Waals surface area contributed by atoms with E-state index in [1.165, 1.54) is 6.08 Å². The lowest BCUT2D eigenvalue weighted by molar-refractivity contribution is -0.145. The fraction of sp³-hybridized carbons (Fsp3) is 0.263. The molecule has 0 saturated heterocycles. The molecule has 0 radical (unpaired) electrons. The molecule has 6 rings (SSSR count). The van der Waals surface area contributed by atoms with Gasteiger partial charge in [0.1, 0.15) is 5.92 Å². The first-order valence-corrected chi connectivity index (χ1v) is 16.1. The van der Waals surface area contributed by atoms with Crippen molar-refractivity contribution in [2.45, 2.75) is 58.8 Å². The van der Waals surface area contributed by atoms with Crippen molar-refractivity contribution in [2.75, 3.05) is 0 Å². The molecule has 12 nitrogen and oxygen atoms in total. The van der Waals surface area contributed by atoms with Gasteiger partial charge in [-0.2, -0.15) is 0 Å². The van der Waals surface area contributed by atoms with Crippen LogP contribution >= 0.6 is 0 Å². The topological polar surface area (TPSA) is 207 Å². The number of allylic oxidation sites excluding steroid dienone is 6. The predicted molar refractivity (Wildman–Crippen MR) is 187 cm³/mol. The monoisotopic (exact) mass is 676 g/mol. The van der Waals surface area contributed by atoms with Crippen molar-refractivity contribution in [3.8, 4) is 0 Å². The second-order valence-electron chi connectivity index (χ2n) is 13.0. The second kappa shape index (κ2) is 12.4. The maximum atomic E-state index is 12.9. The normalized spacial score (nSPS) is 18.3. The third kappa shape index (κ3) is 5.52. The van der Waals surface area contributed by atoms with Gasteiger partial charge in [0.05, 0.1) is 33.8 Å². The summed E-state index contributed by atoms with van der Waals surface area (Å²) >= 11 is 0. The Labute approximate surface area is 286 Å². The lowest BCUT2D eigenvalue weighted by atomic mass is 9.64. The van der Waals surface area contributed by atoms with Crippen molar-refractivity contribution in [2.24, 2.45) is 5.92 Å². The lowest BCUT2D eigenvalue weighted by Gasteiger charge is -2.35. The molecule has 6 N–H and O–H groups in total. The number of aliphatic carboxylic acids is 4. The number of rotatable bonds is 9. The zero-order valence-electron chi connectivity index (χ0n) is 28.0. The molecule has 50 heavy (non-hydrogen) atoms. The van der Waals surface area contributed by atoms with E-state index in [0.717, 1.165) is 33.4 Å². The summed E-state index contributed by atoms with van der Waals surface area (Å²) in [4.78, 5) is 65.2. The van der Waals surface area contributed by atoms with Gasteiger partial charge in [-0.1, -0.05) is 24.8 Å². The summed E-state index contributed by atoms with van der Waals surface area (Å²) in [5.41, 5.74) is 7.84. The molecule has 0 fully saturated rings. The lowest BCUT2D eigenvalue weighted by Crippen LogP contribution is -2.41. The van der Waals surface area contributed by atoms with Gasteiger partial charge in [-0.05, 0) is 98.2 Å². The molecule has 0 aromatic carbocycles. The highest BCUT2D eigenvalue weighted by Crippen LogP contribution is 2.52. The predicted octanol–water partition coefficient (Wildman–Crippen LogP) is 6.15. The van der Waals surface area contributed by atoms with Crippen LogP contribution in [0.25, 0.3) is 38.8 Å². The van der Waals surface area contributed by atoms with E-state index in [4.69, 9.17) is 9.97 Å². The third-order valence-electron chi connectivity index (χ3n) is 10.1. The van der Waals surface area contributed by atoms with Crippen LogP contribution in [0.1, 0.15) is 71.7 Å². The Bertz CT molecular complexity index is 2320. The molecule has 1 aliphatic carbocycles. The molecule has 2 unspecified atom stereocenters. The number of nitrogens with one attached hydrogen (secondary N) is 2. The number of aromatic nitrogens is 4. The molecule has 8 bridgehead atoms. The molecular weight excluding hydrogens is 640 g/mol. The number of nitrogens with zero attached hydrogens (tertiary/aromatic N) is 2. The van der Waals surface area contributed by atoms with Crippen molar-refractivity contribution < 1.29 is 39.6 Å². The summed E-state index contributed by atoms with van der Waals surface area (Å²) in [5, 5.41) is 39.6. The van der Waals surface area contributed by atoms with Crippen LogP contribution in [0.4, 0.5) is 0 Å². The van der Waals surface area contributed by atoms with E-state index < -0.39 is 35.2 Å². The van der Waals surface area contributed by atoms with E-state index >= 15 is 0 Å². The van der Waals surface area contributed by atoms with E-state index in [0.29, 0.717) is 50.4 Å². The SMILES string of the molecule is C=CC1=C(C)c2cc3nc(cc4[nH]c(cc5[nH]c(cc1n2)c(C)c5CCC(=O)O)c(CCC(=O)O)c4C)C1=CC=C(C(=O)O)C(C(=O)O)C13C. The number of H-pyrrole nitrogens is 2. The average molecular weight is 677 g/mol. The minimum atomic E-state index is -1.47. The van der Waals surface area contributed by atoms with Gasteiger partial charge in [0.15, 0.2) is 0 Å². The van der Waals surface area contributed by atoms with Gasteiger partial charge in [-0.15, -0.1) is 0 Å². The van der Waals surface area contributed by atoms with Gasteiger partial charge in [0.25, 0.3) is 0 Å². The van der Waals surface area contributed by atoms with Gasteiger partial charge in [-0.3, -0.25) is 19.4 Å². The zero-order valence-corrected chi connectivity index (χ0v) is 28.0. The summed E-state index contributed by atoms with van der Waals surface area (Å²) in [7, 11) is 0. The fourth-order valence-electron chi connectivity index (χ4n) is 7.38. The Morgan fingerprint density at radius 1 is 0.780 bits per heavy atom. The number of hydrogen-bond donors (Lipinski definition) is 6. The first-order chi connectivity index (χ1) is 23.6. The van der Waals surface area contributed by atoms with Gasteiger partial charge in [-0.25, -0.2) is 9.78 Å². The first kappa shape index (κ1) is 33.8. The van der Waals surface area contributed by atoms with Crippen molar-refractivity contribution in [3.63, 3.8) is 0 Å². The maximum absolute atomic E-state index is 12.9. The van der Waals surface area contributed by atoms with Crippen molar-refractivity contribution >= 4 is 62.7 Å². The van der Waals surface area contributed by atoms with Gasteiger partial charge in [0.2, 0.25) is 0 Å². The zero-order chi connectivity index (χ0) is 36.2. The molecule has 12 heteroatoms. The maximum Gasteiger partial charge on any atom is 0.332 e. The van der Waals surface area contributed by atoms with Gasteiger partial charge in [0, 0.05) is 40.5 Å². The standard InChI is InChI=1S/C38H36N4O8/c1-6-20-17(2)27-16-32-38(5)24(10-7-23(36(47)48)35(38)37(49)50)31(42-32)14-26-19(4)22(9-12-34(45)46)30(40-26)15-29-21(8-11-33(43)44)18(3)25(39-29)13-28(20)41-27/h6-7,10,13-16,35,39-40H,1,8-9,11-12H2,2-5H3,(H,43,44)(H,45,46)(H,47,48)(H,49,50). The Morgan fingerprint density at radius 2 is 1.34 bits per heavy atom. The number of carboxylic acids is 4. The van der Waals surface area contributed by atoms with Crippen LogP contribution in [0.15, 0.2) is 54.6 Å². The molecule has 0 spiro atoms. The number of carbonyl (C=O) groups is 4. The average Bonchev–Trinajstić information content (AvgIpc) is 3.69. The summed E-state index contributed by atoms with van der Waals surface area (Å²) in [6.45, 7) is 11.3. The molecule has 3 aromatic rings.